The van der Waals surface area contributed by atoms with E-state index in [-0.39, 0.29) is 17.1 Å². The lowest BCUT2D eigenvalue weighted by Crippen LogP contribution is -2.21. The molecule has 1 aromatic heterocycles. The maximum atomic E-state index is 12.7. The molecule has 1 atom stereocenters. The van der Waals surface area contributed by atoms with Crippen LogP contribution in [0.4, 0.5) is 16.2 Å². The number of hydrogen-bond acceptors (Lipinski definition) is 9. The second-order valence-corrected chi connectivity index (χ2v) is 13.4. The van der Waals surface area contributed by atoms with E-state index >= 15 is 0 Å². The Labute approximate surface area is 261 Å². The molecule has 238 valence electrons. The molecule has 0 spiro atoms. The van der Waals surface area contributed by atoms with Crippen molar-refractivity contribution in [2.24, 2.45) is 0 Å². The Morgan fingerprint density at radius 2 is 1.71 bits per heavy atom. The van der Waals surface area contributed by atoms with E-state index < -0.39 is 33.2 Å². The number of carboxylic acid groups (broad SMARTS) is 1. The van der Waals surface area contributed by atoms with Gasteiger partial charge < -0.3 is 25.5 Å². The number of H-pyrrole nitrogens is 1. The van der Waals surface area contributed by atoms with Crippen LogP contribution in [0, 0.1) is 13.8 Å². The molecule has 3 aromatic carbocycles. The fourth-order valence-corrected chi connectivity index (χ4v) is 6.38. The van der Waals surface area contributed by atoms with Crippen molar-refractivity contribution in [1.29, 1.82) is 0 Å². The van der Waals surface area contributed by atoms with Crippen LogP contribution in [0.2, 0.25) is 0 Å². The van der Waals surface area contributed by atoms with E-state index in [4.69, 9.17) is 4.74 Å². The molecule has 1 amide bonds. The summed E-state index contributed by atoms with van der Waals surface area (Å²) in [7, 11) is -1.79. The van der Waals surface area contributed by atoms with Crippen molar-refractivity contribution < 1.29 is 27.9 Å². The maximum Gasteiger partial charge on any atom is 0.411 e. The van der Waals surface area contributed by atoms with Crippen molar-refractivity contribution in [2.45, 2.75) is 56.8 Å². The molecule has 45 heavy (non-hydrogen) atoms. The highest BCUT2D eigenvalue weighted by Gasteiger charge is 2.24. The van der Waals surface area contributed by atoms with Crippen LogP contribution in [-0.4, -0.2) is 54.5 Å². The molecule has 4 rings (SSSR count). The number of hydrogen-bond donors (Lipinski definition) is 5. The first kappa shape index (κ1) is 33.1. The van der Waals surface area contributed by atoms with Crippen LogP contribution in [0.5, 0.6) is 0 Å². The summed E-state index contributed by atoms with van der Waals surface area (Å²) in [6, 6.07) is 12.0. The number of rotatable bonds is 12. The van der Waals surface area contributed by atoms with Crippen molar-refractivity contribution in [3.8, 4) is 0 Å². The third kappa shape index (κ3) is 7.67. The zero-order valence-electron chi connectivity index (χ0n) is 25.7. The highest BCUT2D eigenvalue weighted by atomic mass is 32.2. The number of benzene rings is 3. The van der Waals surface area contributed by atoms with Gasteiger partial charge in [-0.05, 0) is 99.0 Å². The van der Waals surface area contributed by atoms with E-state index in [9.17, 15) is 27.9 Å². The van der Waals surface area contributed by atoms with Gasteiger partial charge in [0.1, 0.15) is 0 Å². The molecule has 0 radical (unpaired) electrons. The number of aliphatic carboxylic acids is 1. The Morgan fingerprint density at radius 1 is 1.02 bits per heavy atom. The van der Waals surface area contributed by atoms with Crippen LogP contribution in [0.15, 0.2) is 64.5 Å². The molecule has 1 heterocycles. The summed E-state index contributed by atoms with van der Waals surface area (Å²) < 4.78 is 30.9. The van der Waals surface area contributed by atoms with Gasteiger partial charge >= 0.3 is 12.1 Å². The smallest absolute Gasteiger partial charge is 0.411 e. The number of carbonyl (C=O) groups is 2. The first-order chi connectivity index (χ1) is 21.3. The summed E-state index contributed by atoms with van der Waals surface area (Å²) in [6.07, 6.45) is 1.02. The summed E-state index contributed by atoms with van der Waals surface area (Å²) >= 11 is 0. The van der Waals surface area contributed by atoms with Crippen LogP contribution < -0.4 is 21.5 Å². The fourth-order valence-electron chi connectivity index (χ4n) is 5.12. The highest BCUT2D eigenvalue weighted by Crippen LogP contribution is 2.27. The zero-order chi connectivity index (χ0) is 32.9. The number of nitrogens with zero attached hydrogens (tertiary/aromatic N) is 1. The average Bonchev–Trinajstić information content (AvgIpc) is 2.97. The monoisotopic (exact) mass is 635 g/mol. The van der Waals surface area contributed by atoms with E-state index in [0.29, 0.717) is 46.4 Å². The lowest BCUT2D eigenvalue weighted by atomic mass is 9.94. The number of aryl methyl sites for hydroxylation is 2. The van der Waals surface area contributed by atoms with Gasteiger partial charge in [-0.1, -0.05) is 12.1 Å². The number of aromatic nitrogens is 2. The molecule has 5 N–H and O–H groups in total. The van der Waals surface area contributed by atoms with Crippen LogP contribution in [0.3, 0.4) is 0 Å². The molecule has 0 aliphatic carbocycles. The van der Waals surface area contributed by atoms with E-state index in [1.165, 1.54) is 18.5 Å². The Morgan fingerprint density at radius 3 is 2.36 bits per heavy atom. The summed E-state index contributed by atoms with van der Waals surface area (Å²) in [5.41, 5.74) is 4.69. The largest absolute Gasteiger partial charge is 0.479 e. The van der Waals surface area contributed by atoms with Crippen molar-refractivity contribution in [1.82, 2.24) is 15.3 Å². The number of sulfone groups is 1. The van der Waals surface area contributed by atoms with Gasteiger partial charge in [-0.3, -0.25) is 10.1 Å². The number of anilines is 2. The molecule has 0 saturated heterocycles. The fraction of sp³-hybridized carbons (Fsp3) is 0.312. The third-order valence-corrected chi connectivity index (χ3v) is 9.69. The predicted octanol–water partition coefficient (Wildman–Crippen LogP) is 4.47. The molecule has 0 aliphatic rings. The summed E-state index contributed by atoms with van der Waals surface area (Å²) in [5.74, 6) is -1.09. The quantitative estimate of drug-likeness (QED) is 0.149. The summed E-state index contributed by atoms with van der Waals surface area (Å²) in [4.78, 5) is 43.8. The van der Waals surface area contributed by atoms with Crippen molar-refractivity contribution in [2.75, 3.05) is 24.3 Å². The van der Waals surface area contributed by atoms with Gasteiger partial charge in [-0.25, -0.2) is 23.0 Å². The Hall–Kier alpha value is -4.75. The number of amides is 1. The molecule has 0 aliphatic heterocycles. The Balaban J connectivity index is 1.43. The number of carbonyl (C=O) groups excluding carboxylic acids is 1. The number of ether oxygens (including phenoxy) is 1. The van der Waals surface area contributed by atoms with Gasteiger partial charge in [0.2, 0.25) is 0 Å². The van der Waals surface area contributed by atoms with Gasteiger partial charge in [0, 0.05) is 24.3 Å². The van der Waals surface area contributed by atoms with Gasteiger partial charge in [-0.2, -0.15) is 0 Å². The van der Waals surface area contributed by atoms with Gasteiger partial charge in [-0.15, -0.1) is 0 Å². The maximum absolute atomic E-state index is 12.7. The number of nitrogens with one attached hydrogen (secondary N) is 4. The molecule has 0 fully saturated rings. The molecular weight excluding hydrogens is 598 g/mol. The molecule has 4 aromatic rings. The first-order valence-electron chi connectivity index (χ1n) is 14.3. The number of aromatic amines is 1. The van der Waals surface area contributed by atoms with Crippen LogP contribution >= 0.6 is 0 Å². The van der Waals surface area contributed by atoms with Crippen molar-refractivity contribution in [3.05, 3.63) is 93.0 Å². The molecule has 12 nitrogen and oxygen atoms in total. The van der Waals surface area contributed by atoms with Crippen LogP contribution in [0.25, 0.3) is 10.9 Å². The standard InChI is InChI=1S/C32H37N5O7S/c1-18(2)45(42,43)28-9-7-23(14-22(28)16-33-5)37-32(41)44-11-10-25-19(3)12-21(13-20(25)4)29(31(39)40)36-24-6-8-27-26(15-24)30(38)35-17-34-27/h6-9,12-15,17-18,29,33,36H,10-11,16H2,1-5H3,(H,37,41)(H,39,40)(H,34,35,38). The molecular formula is C32H37N5O7S. The van der Waals surface area contributed by atoms with E-state index in [0.717, 1.165) is 16.7 Å². The van der Waals surface area contributed by atoms with E-state index in [1.54, 1.807) is 57.3 Å². The lowest BCUT2D eigenvalue weighted by Gasteiger charge is -2.20. The molecule has 13 heteroatoms. The lowest BCUT2D eigenvalue weighted by molar-refractivity contribution is -0.138. The SMILES string of the molecule is CNCc1cc(NC(=O)OCCc2c(C)cc(C(Nc3ccc4nc[nH]c(=O)c4c3)C(=O)O)cc2C)ccc1S(=O)(=O)C(C)C. The third-order valence-electron chi connectivity index (χ3n) is 7.44. The van der Waals surface area contributed by atoms with Gasteiger partial charge in [0.05, 0.1) is 34.0 Å². The zero-order valence-corrected chi connectivity index (χ0v) is 26.5. The molecule has 0 bridgehead atoms. The highest BCUT2D eigenvalue weighted by molar-refractivity contribution is 7.92. The average molecular weight is 636 g/mol. The Kier molecular flexibility index (Phi) is 10.2. The minimum atomic E-state index is -3.50. The summed E-state index contributed by atoms with van der Waals surface area (Å²) in [6.45, 7) is 7.34. The normalized spacial score (nSPS) is 12.2. The minimum Gasteiger partial charge on any atom is -0.479 e. The van der Waals surface area contributed by atoms with Crippen LogP contribution in [-0.2, 0) is 32.3 Å². The van der Waals surface area contributed by atoms with Crippen molar-refractivity contribution >= 4 is 44.2 Å². The molecule has 1 unspecified atom stereocenters. The molecule has 0 saturated carbocycles. The van der Waals surface area contributed by atoms with Crippen LogP contribution in [0.1, 0.15) is 47.7 Å². The van der Waals surface area contributed by atoms with E-state index in [2.05, 4.69) is 25.9 Å². The van der Waals surface area contributed by atoms with Crippen molar-refractivity contribution in [3.63, 3.8) is 0 Å². The number of carboxylic acids is 1. The predicted molar refractivity (Wildman–Crippen MR) is 172 cm³/mol. The minimum absolute atomic E-state index is 0.0658. The first-order valence-corrected chi connectivity index (χ1v) is 15.9. The topological polar surface area (TPSA) is 180 Å². The summed E-state index contributed by atoms with van der Waals surface area (Å²) in [5, 5.41) is 18.4. The Bertz CT molecular complexity index is 1880. The van der Waals surface area contributed by atoms with Gasteiger partial charge in [0.15, 0.2) is 15.9 Å². The second-order valence-electron chi connectivity index (χ2n) is 11.0. The van der Waals surface area contributed by atoms with E-state index in [1.807, 2.05) is 13.8 Å². The van der Waals surface area contributed by atoms with Gasteiger partial charge in [0.25, 0.3) is 5.56 Å². The number of fused-ring (bicyclic) bond motifs is 1. The second kappa shape index (κ2) is 13.9.